The summed E-state index contributed by atoms with van der Waals surface area (Å²) in [4.78, 5) is 12.8. The quantitative estimate of drug-likeness (QED) is 0.375. The van der Waals surface area contributed by atoms with Crippen molar-refractivity contribution in [1.82, 2.24) is 0 Å². The second-order valence-corrected chi connectivity index (χ2v) is 14.8. The Balaban J connectivity index is 1.65. The van der Waals surface area contributed by atoms with Crippen molar-refractivity contribution in [3.05, 3.63) is 11.1 Å². The highest BCUT2D eigenvalue weighted by Crippen LogP contribution is 2.75. The number of carbonyl (C=O) groups is 1. The first-order valence-electron chi connectivity index (χ1n) is 14.0. The first-order chi connectivity index (χ1) is 16.0. The van der Waals surface area contributed by atoms with E-state index in [-0.39, 0.29) is 27.6 Å². The van der Waals surface area contributed by atoms with Gasteiger partial charge in [-0.25, -0.2) is 0 Å². The van der Waals surface area contributed by atoms with Crippen LogP contribution in [0.15, 0.2) is 11.1 Å². The number of allylic oxidation sites excluding steroid dienone is 1. The molecule has 0 radical (unpaired) electrons. The molecular formula is C30H48O5. The summed E-state index contributed by atoms with van der Waals surface area (Å²) in [6, 6.07) is 0. The van der Waals surface area contributed by atoms with Crippen LogP contribution in [0.5, 0.6) is 0 Å². The van der Waals surface area contributed by atoms with E-state index in [1.54, 1.807) is 0 Å². The number of carboxylic acids is 1. The second kappa shape index (κ2) is 7.35. The molecule has 0 bridgehead atoms. The Kier molecular flexibility index (Phi) is 5.40. The fraction of sp³-hybridized carbons (Fsp3) is 0.900. The van der Waals surface area contributed by atoms with Gasteiger partial charge in [-0.2, -0.15) is 0 Å². The van der Waals surface area contributed by atoms with Crippen LogP contribution in [0.3, 0.4) is 0 Å². The molecule has 5 heteroatoms. The van der Waals surface area contributed by atoms with Gasteiger partial charge in [-0.1, -0.05) is 47.1 Å². The zero-order chi connectivity index (χ0) is 26.0. The average Bonchev–Trinajstić information content (AvgIpc) is 2.75. The van der Waals surface area contributed by atoms with E-state index in [4.69, 9.17) is 0 Å². The highest BCUT2D eigenvalue weighted by molar-refractivity contribution is 5.80. The van der Waals surface area contributed by atoms with Gasteiger partial charge in [0.15, 0.2) is 0 Å². The average molecular weight is 489 g/mol. The van der Waals surface area contributed by atoms with E-state index in [1.807, 2.05) is 6.92 Å². The molecule has 4 fully saturated rings. The lowest BCUT2D eigenvalue weighted by molar-refractivity contribution is -0.233. The molecule has 0 aromatic carbocycles. The molecule has 4 saturated carbocycles. The van der Waals surface area contributed by atoms with E-state index in [0.717, 1.165) is 37.7 Å². The van der Waals surface area contributed by atoms with E-state index >= 15 is 0 Å². The van der Waals surface area contributed by atoms with Gasteiger partial charge < -0.3 is 20.4 Å². The van der Waals surface area contributed by atoms with Gasteiger partial charge in [-0.05, 0) is 104 Å². The van der Waals surface area contributed by atoms with Gasteiger partial charge in [0.2, 0.25) is 0 Å². The molecule has 5 aliphatic rings. The van der Waals surface area contributed by atoms with Crippen LogP contribution in [-0.4, -0.2) is 44.2 Å². The number of aliphatic carboxylic acids is 1. The Morgan fingerprint density at radius 2 is 1.51 bits per heavy atom. The fourth-order valence-electron chi connectivity index (χ4n) is 10.9. The molecule has 0 amide bonds. The topological polar surface area (TPSA) is 98.0 Å². The third-order valence-corrected chi connectivity index (χ3v) is 13.3. The molecular weight excluding hydrogens is 440 g/mol. The summed E-state index contributed by atoms with van der Waals surface area (Å²) >= 11 is 0. The minimum atomic E-state index is -0.880. The van der Waals surface area contributed by atoms with Crippen LogP contribution < -0.4 is 0 Å². The van der Waals surface area contributed by atoms with Gasteiger partial charge in [0.25, 0.3) is 0 Å². The van der Waals surface area contributed by atoms with Crippen molar-refractivity contribution in [3.63, 3.8) is 0 Å². The van der Waals surface area contributed by atoms with Crippen molar-refractivity contribution in [3.8, 4) is 0 Å². The number of hydrogen-bond acceptors (Lipinski definition) is 4. The largest absolute Gasteiger partial charge is 0.481 e. The summed E-state index contributed by atoms with van der Waals surface area (Å²) in [5, 5.41) is 43.7. The summed E-state index contributed by atoms with van der Waals surface area (Å²) in [6.45, 7) is 15.4. The number of aliphatic hydroxyl groups is 3. The molecule has 5 nitrogen and oxygen atoms in total. The maximum atomic E-state index is 12.8. The Bertz CT molecular complexity index is 966. The minimum absolute atomic E-state index is 0.00931. The van der Waals surface area contributed by atoms with Crippen LogP contribution in [-0.2, 0) is 4.79 Å². The van der Waals surface area contributed by atoms with Crippen LogP contribution in [0.25, 0.3) is 0 Å². The van der Waals surface area contributed by atoms with Gasteiger partial charge in [-0.3, -0.25) is 4.79 Å². The summed E-state index contributed by atoms with van der Waals surface area (Å²) in [5.41, 5.74) is 0.114. The van der Waals surface area contributed by atoms with Gasteiger partial charge in [-0.15, -0.1) is 0 Å². The van der Waals surface area contributed by atoms with Crippen LogP contribution in [0.4, 0.5) is 0 Å². The van der Waals surface area contributed by atoms with Crippen molar-refractivity contribution in [1.29, 1.82) is 0 Å². The van der Waals surface area contributed by atoms with Crippen LogP contribution >= 0.6 is 0 Å². The van der Waals surface area contributed by atoms with E-state index in [0.29, 0.717) is 37.5 Å². The number of hydrogen-bond donors (Lipinski definition) is 4. The molecule has 10 atom stereocenters. The third kappa shape index (κ3) is 2.95. The number of carboxylic acid groups (broad SMARTS) is 1. The first-order valence-corrected chi connectivity index (χ1v) is 14.0. The molecule has 198 valence electrons. The zero-order valence-electron chi connectivity index (χ0n) is 22.9. The molecule has 0 spiro atoms. The van der Waals surface area contributed by atoms with Crippen molar-refractivity contribution in [2.45, 2.75) is 124 Å². The smallest absolute Gasteiger partial charge is 0.313 e. The van der Waals surface area contributed by atoms with Crippen molar-refractivity contribution in [2.75, 3.05) is 0 Å². The van der Waals surface area contributed by atoms with Crippen LogP contribution in [0.1, 0.15) is 106 Å². The highest BCUT2D eigenvalue weighted by Gasteiger charge is 2.69. The Labute approximate surface area is 211 Å². The molecule has 0 saturated heterocycles. The molecule has 0 aliphatic heterocycles. The highest BCUT2D eigenvalue weighted by atomic mass is 16.4. The summed E-state index contributed by atoms with van der Waals surface area (Å²) in [5.74, 6) is -0.125. The van der Waals surface area contributed by atoms with Crippen LogP contribution in [0.2, 0.25) is 0 Å². The minimum Gasteiger partial charge on any atom is -0.481 e. The molecule has 0 aromatic heterocycles. The SMILES string of the molecule is C[C@@H]1C2=C3CC[C@@H]4[C@@]5(C)C[C@@H](O)[C@@H](O)C(C)(C)[C@@H]5CC[C@@]4(C)[C@]3(C)CC[C@@]2(C(=O)O)CC[C@]1(C)O. The van der Waals surface area contributed by atoms with Crippen molar-refractivity contribution < 1.29 is 25.2 Å². The summed E-state index contributed by atoms with van der Waals surface area (Å²) in [7, 11) is 0. The van der Waals surface area contributed by atoms with Crippen molar-refractivity contribution >= 4 is 5.97 Å². The van der Waals surface area contributed by atoms with Crippen LogP contribution in [0, 0.1) is 44.8 Å². The molecule has 35 heavy (non-hydrogen) atoms. The number of aliphatic hydroxyl groups excluding tert-OH is 2. The zero-order valence-corrected chi connectivity index (χ0v) is 22.9. The third-order valence-electron chi connectivity index (χ3n) is 13.3. The number of rotatable bonds is 1. The molecule has 0 heterocycles. The molecule has 4 N–H and O–H groups in total. The monoisotopic (exact) mass is 488 g/mol. The Morgan fingerprint density at radius 3 is 2.14 bits per heavy atom. The lowest BCUT2D eigenvalue weighted by Gasteiger charge is -2.71. The molecule has 0 unspecified atom stereocenters. The second-order valence-electron chi connectivity index (χ2n) is 14.8. The first kappa shape index (κ1) is 25.7. The van der Waals surface area contributed by atoms with E-state index in [2.05, 4.69) is 41.5 Å². The summed E-state index contributed by atoms with van der Waals surface area (Å²) < 4.78 is 0. The Hall–Kier alpha value is -0.910. The molecule has 0 aromatic rings. The molecule has 5 aliphatic carbocycles. The van der Waals surface area contributed by atoms with Gasteiger partial charge in [0.1, 0.15) is 0 Å². The molecule has 5 rings (SSSR count). The number of fused-ring (bicyclic) bond motifs is 6. The van der Waals surface area contributed by atoms with Gasteiger partial charge in [0.05, 0.1) is 23.2 Å². The van der Waals surface area contributed by atoms with E-state index in [9.17, 15) is 25.2 Å². The predicted molar refractivity (Wildman–Crippen MR) is 136 cm³/mol. The normalized spacial score (nSPS) is 55.3. The predicted octanol–water partition coefficient (Wildman–Crippen LogP) is 5.32. The van der Waals surface area contributed by atoms with Crippen molar-refractivity contribution in [2.24, 2.45) is 44.8 Å². The van der Waals surface area contributed by atoms with E-state index < -0.39 is 29.2 Å². The maximum absolute atomic E-state index is 12.8. The lowest BCUT2D eigenvalue weighted by atomic mass is 9.33. The Morgan fingerprint density at radius 1 is 0.886 bits per heavy atom. The van der Waals surface area contributed by atoms with Gasteiger partial charge >= 0.3 is 5.97 Å². The summed E-state index contributed by atoms with van der Waals surface area (Å²) in [6.07, 6.45) is 5.74. The fourth-order valence-corrected chi connectivity index (χ4v) is 10.9. The lowest BCUT2D eigenvalue weighted by Crippen LogP contribution is -2.67. The maximum Gasteiger partial charge on any atom is 0.313 e. The standard InChI is InChI=1S/C30H48O5/c1-17-22-18-8-9-21-26(4)16-19(31)23(32)25(2,3)20(26)10-11-28(21,6)27(18,5)12-14-30(22,24(33)34)15-13-29(17,7)35/h17,19-21,23,31-32,35H,8-16H2,1-7H3,(H,33,34)/t17-,19-,20+,21-,23-,26+,27-,28-,29+,30-/m1/s1. The van der Waals surface area contributed by atoms with E-state index in [1.165, 1.54) is 5.57 Å². The van der Waals surface area contributed by atoms with Gasteiger partial charge in [0, 0.05) is 5.92 Å².